The number of likely N-dealkylation sites (tertiary alicyclic amines) is 1. The Morgan fingerprint density at radius 3 is 2.48 bits per heavy atom. The molecule has 3 nitrogen and oxygen atoms in total. The quantitative estimate of drug-likeness (QED) is 0.825. The molecule has 128 valence electrons. The number of fused-ring (bicyclic) bond motifs is 1. The molecule has 2 heterocycles. The summed E-state index contributed by atoms with van der Waals surface area (Å²) >= 11 is 1.58. The summed E-state index contributed by atoms with van der Waals surface area (Å²) in [5, 5.41) is 3.57. The monoisotopic (exact) mass is 350 g/mol. The predicted octanol–water partition coefficient (Wildman–Crippen LogP) is 4.03. The number of carbonyl (C=O) groups is 1. The Morgan fingerprint density at radius 1 is 1.00 bits per heavy atom. The fraction of sp³-hybridized carbons (Fsp3) is 0.286. The summed E-state index contributed by atoms with van der Waals surface area (Å²) in [6.45, 7) is 4.27. The number of ketones is 1. The van der Waals surface area contributed by atoms with Crippen molar-refractivity contribution in [2.45, 2.75) is 17.7 Å². The average Bonchev–Trinajstić information content (AvgIpc) is 3.28. The third-order valence-electron chi connectivity index (χ3n) is 4.77. The highest BCUT2D eigenvalue weighted by molar-refractivity contribution is 8.05. The second-order valence-electron chi connectivity index (χ2n) is 6.47. The zero-order valence-electron chi connectivity index (χ0n) is 14.2. The number of nitrogens with zero attached hydrogens (tertiary/aromatic N) is 1. The Balaban J connectivity index is 1.60. The minimum atomic E-state index is 0.133. The first-order valence-electron chi connectivity index (χ1n) is 8.90. The van der Waals surface area contributed by atoms with Crippen LogP contribution in [0.25, 0.3) is 5.70 Å². The van der Waals surface area contributed by atoms with Gasteiger partial charge in [0.2, 0.25) is 5.78 Å². The van der Waals surface area contributed by atoms with E-state index in [4.69, 9.17) is 0 Å². The maximum absolute atomic E-state index is 12.9. The molecule has 0 aliphatic carbocycles. The maximum atomic E-state index is 12.9. The molecule has 4 heteroatoms. The van der Waals surface area contributed by atoms with E-state index in [0.717, 1.165) is 39.7 Å². The second kappa shape index (κ2) is 7.46. The van der Waals surface area contributed by atoms with E-state index in [1.54, 1.807) is 11.8 Å². The Bertz CT molecular complexity index is 795. The summed E-state index contributed by atoms with van der Waals surface area (Å²) in [6.07, 6.45) is 2.60. The SMILES string of the molecule is O=C1C(=C(NCCN2CCCC2)c2ccccc2)Sc2ccccc21. The molecule has 1 saturated heterocycles. The van der Waals surface area contributed by atoms with Gasteiger partial charge in [0, 0.05) is 23.5 Å². The third kappa shape index (κ3) is 3.51. The molecule has 2 aliphatic rings. The average molecular weight is 350 g/mol. The Hall–Kier alpha value is -2.04. The van der Waals surface area contributed by atoms with Crippen LogP contribution in [0.5, 0.6) is 0 Å². The first-order valence-corrected chi connectivity index (χ1v) is 9.72. The van der Waals surface area contributed by atoms with Gasteiger partial charge >= 0.3 is 0 Å². The van der Waals surface area contributed by atoms with Crippen LogP contribution in [0.1, 0.15) is 28.8 Å². The van der Waals surface area contributed by atoms with Crippen molar-refractivity contribution in [3.63, 3.8) is 0 Å². The van der Waals surface area contributed by atoms with E-state index < -0.39 is 0 Å². The molecule has 1 N–H and O–H groups in total. The van der Waals surface area contributed by atoms with E-state index in [9.17, 15) is 4.79 Å². The van der Waals surface area contributed by atoms with Crippen molar-refractivity contribution in [2.75, 3.05) is 26.2 Å². The summed E-state index contributed by atoms with van der Waals surface area (Å²) in [4.78, 5) is 17.3. The molecule has 0 saturated carbocycles. The zero-order chi connectivity index (χ0) is 17.1. The molecule has 0 amide bonds. The van der Waals surface area contributed by atoms with Crippen LogP contribution in [-0.2, 0) is 0 Å². The van der Waals surface area contributed by atoms with Crippen molar-refractivity contribution >= 4 is 23.2 Å². The van der Waals surface area contributed by atoms with Crippen LogP contribution >= 0.6 is 11.8 Å². The second-order valence-corrected chi connectivity index (χ2v) is 7.53. The molecule has 2 aliphatic heterocycles. The van der Waals surface area contributed by atoms with Gasteiger partial charge in [-0.25, -0.2) is 0 Å². The smallest absolute Gasteiger partial charge is 0.202 e. The summed E-state index contributed by atoms with van der Waals surface area (Å²) in [6, 6.07) is 18.1. The molecule has 0 bridgehead atoms. The third-order valence-corrected chi connectivity index (χ3v) is 5.94. The minimum Gasteiger partial charge on any atom is -0.382 e. The Kier molecular flexibility index (Phi) is 4.90. The lowest BCUT2D eigenvalue weighted by Crippen LogP contribution is -2.29. The van der Waals surface area contributed by atoms with Crippen molar-refractivity contribution in [3.8, 4) is 0 Å². The van der Waals surface area contributed by atoms with Crippen molar-refractivity contribution < 1.29 is 4.79 Å². The molecule has 0 aromatic heterocycles. The summed E-state index contributed by atoms with van der Waals surface area (Å²) in [5.74, 6) is 0.133. The van der Waals surface area contributed by atoms with Gasteiger partial charge in [0.15, 0.2) is 0 Å². The molecule has 2 aromatic rings. The molecule has 0 radical (unpaired) electrons. The van der Waals surface area contributed by atoms with Gasteiger partial charge in [-0.15, -0.1) is 0 Å². The molecule has 25 heavy (non-hydrogen) atoms. The molecule has 1 fully saturated rings. The van der Waals surface area contributed by atoms with Crippen molar-refractivity contribution in [1.29, 1.82) is 0 Å². The van der Waals surface area contributed by atoms with Gasteiger partial charge in [-0.1, -0.05) is 54.2 Å². The summed E-state index contributed by atoms with van der Waals surface area (Å²) < 4.78 is 0. The van der Waals surface area contributed by atoms with Crippen LogP contribution < -0.4 is 5.32 Å². The molecule has 4 rings (SSSR count). The number of hydrogen-bond acceptors (Lipinski definition) is 4. The van der Waals surface area contributed by atoms with Gasteiger partial charge in [-0.2, -0.15) is 0 Å². The van der Waals surface area contributed by atoms with Gasteiger partial charge in [0.05, 0.1) is 10.6 Å². The van der Waals surface area contributed by atoms with Gasteiger partial charge in [0.1, 0.15) is 0 Å². The first kappa shape index (κ1) is 16.4. The van der Waals surface area contributed by atoms with Crippen LogP contribution in [0.4, 0.5) is 0 Å². The molecule has 0 spiro atoms. The minimum absolute atomic E-state index is 0.133. The highest BCUT2D eigenvalue weighted by Gasteiger charge is 2.29. The van der Waals surface area contributed by atoms with Gasteiger partial charge in [-0.05, 0) is 43.6 Å². The topological polar surface area (TPSA) is 32.3 Å². The summed E-state index contributed by atoms with van der Waals surface area (Å²) in [7, 11) is 0. The Labute approximate surface area is 153 Å². The van der Waals surface area contributed by atoms with E-state index in [1.807, 2.05) is 42.5 Å². The van der Waals surface area contributed by atoms with E-state index in [-0.39, 0.29) is 5.78 Å². The number of carbonyl (C=O) groups excluding carboxylic acids is 1. The van der Waals surface area contributed by atoms with Crippen LogP contribution in [0.2, 0.25) is 0 Å². The molecule has 2 aromatic carbocycles. The van der Waals surface area contributed by atoms with Gasteiger partial charge in [-0.3, -0.25) is 4.79 Å². The van der Waals surface area contributed by atoms with Crippen molar-refractivity contribution in [1.82, 2.24) is 10.2 Å². The zero-order valence-corrected chi connectivity index (χ0v) is 15.0. The normalized spacial score (nSPS) is 19.1. The Morgan fingerprint density at radius 2 is 1.72 bits per heavy atom. The first-order chi connectivity index (χ1) is 12.3. The highest BCUT2D eigenvalue weighted by Crippen LogP contribution is 2.42. The van der Waals surface area contributed by atoms with Crippen LogP contribution in [0, 0.1) is 0 Å². The van der Waals surface area contributed by atoms with Crippen molar-refractivity contribution in [2.24, 2.45) is 0 Å². The lowest BCUT2D eigenvalue weighted by Gasteiger charge is -2.18. The van der Waals surface area contributed by atoms with E-state index in [1.165, 1.54) is 25.9 Å². The van der Waals surface area contributed by atoms with Crippen LogP contribution in [0.3, 0.4) is 0 Å². The predicted molar refractivity (Wildman–Crippen MR) is 104 cm³/mol. The van der Waals surface area contributed by atoms with Crippen molar-refractivity contribution in [3.05, 3.63) is 70.6 Å². The van der Waals surface area contributed by atoms with Crippen LogP contribution in [-0.4, -0.2) is 36.9 Å². The largest absolute Gasteiger partial charge is 0.382 e. The highest BCUT2D eigenvalue weighted by atomic mass is 32.2. The number of Topliss-reactive ketones (excluding diaryl/α,β-unsaturated/α-hetero) is 1. The lowest BCUT2D eigenvalue weighted by atomic mass is 10.1. The lowest BCUT2D eigenvalue weighted by molar-refractivity contribution is 0.104. The summed E-state index contributed by atoms with van der Waals surface area (Å²) in [5.41, 5.74) is 2.86. The molecular weight excluding hydrogens is 328 g/mol. The molecule has 0 unspecified atom stereocenters. The van der Waals surface area contributed by atoms with E-state index in [0.29, 0.717) is 0 Å². The van der Waals surface area contributed by atoms with E-state index in [2.05, 4.69) is 22.3 Å². The number of hydrogen-bond donors (Lipinski definition) is 1. The number of allylic oxidation sites excluding steroid dienone is 1. The number of benzene rings is 2. The fourth-order valence-corrected chi connectivity index (χ4v) is 4.58. The van der Waals surface area contributed by atoms with Crippen LogP contribution in [0.15, 0.2) is 64.4 Å². The molecule has 0 atom stereocenters. The number of nitrogens with one attached hydrogen (secondary N) is 1. The standard InChI is InChI=1S/C21H22N2OS/c24-20-17-10-4-5-11-18(17)25-21(20)19(16-8-2-1-3-9-16)22-12-15-23-13-6-7-14-23/h1-5,8-11,22H,6-7,12-15H2. The van der Waals surface area contributed by atoms with Gasteiger partial charge < -0.3 is 10.2 Å². The number of thioether (sulfide) groups is 1. The fourth-order valence-electron chi connectivity index (χ4n) is 3.45. The van der Waals surface area contributed by atoms with Gasteiger partial charge in [0.25, 0.3) is 0 Å². The number of rotatable bonds is 5. The molecular formula is C21H22N2OS. The maximum Gasteiger partial charge on any atom is 0.202 e. The van der Waals surface area contributed by atoms with E-state index >= 15 is 0 Å².